The summed E-state index contributed by atoms with van der Waals surface area (Å²) in [5, 5.41) is 0. The van der Waals surface area contributed by atoms with Crippen molar-refractivity contribution in [3.63, 3.8) is 0 Å². The van der Waals surface area contributed by atoms with Gasteiger partial charge in [0.2, 0.25) is 0 Å². The van der Waals surface area contributed by atoms with Crippen LogP contribution in [-0.4, -0.2) is 10.4 Å². The quantitative estimate of drug-likeness (QED) is 0.725. The van der Waals surface area contributed by atoms with Gasteiger partial charge in [0.15, 0.2) is 5.78 Å². The van der Waals surface area contributed by atoms with Crippen LogP contribution in [0.2, 0.25) is 0 Å². The second kappa shape index (κ2) is 3.72. The summed E-state index contributed by atoms with van der Waals surface area (Å²) in [4.78, 5) is 12.1. The Kier molecular flexibility index (Phi) is 2.72. The van der Waals surface area contributed by atoms with Crippen LogP contribution in [0.1, 0.15) is 57.1 Å². The van der Waals surface area contributed by atoms with E-state index in [9.17, 15) is 4.79 Å². The van der Waals surface area contributed by atoms with Crippen molar-refractivity contribution in [2.75, 3.05) is 0 Å². The van der Waals surface area contributed by atoms with Gasteiger partial charge in [-0.3, -0.25) is 4.79 Å². The molecule has 0 radical (unpaired) electrons. The van der Waals surface area contributed by atoms with Crippen LogP contribution in [0.15, 0.2) is 12.3 Å². The first-order valence-electron chi connectivity index (χ1n) is 6.39. The van der Waals surface area contributed by atoms with E-state index in [0.717, 1.165) is 18.5 Å². The lowest BCUT2D eigenvalue weighted by molar-refractivity contribution is 0.0909. The molecule has 0 N–H and O–H groups in total. The van der Waals surface area contributed by atoms with Gasteiger partial charge in [-0.2, -0.15) is 0 Å². The Morgan fingerprint density at radius 3 is 2.53 bits per heavy atom. The summed E-state index contributed by atoms with van der Waals surface area (Å²) in [6, 6.07) is 2.00. The van der Waals surface area contributed by atoms with Gasteiger partial charge in [-0.25, -0.2) is 0 Å². The number of hydrogen-bond donors (Lipinski definition) is 0. The van der Waals surface area contributed by atoms with Gasteiger partial charge in [-0.15, -0.1) is 0 Å². The summed E-state index contributed by atoms with van der Waals surface area (Å²) < 4.78 is 2.27. The Morgan fingerprint density at radius 2 is 1.94 bits per heavy atom. The summed E-state index contributed by atoms with van der Waals surface area (Å²) in [5.41, 5.74) is 2.55. The van der Waals surface area contributed by atoms with E-state index >= 15 is 0 Å². The number of fused-ring (bicyclic) bond motifs is 1. The number of aromatic nitrogens is 1. The average molecular weight is 233 g/mol. The summed E-state index contributed by atoms with van der Waals surface area (Å²) in [6.45, 7) is 12.0. The van der Waals surface area contributed by atoms with Crippen molar-refractivity contribution in [2.24, 2.45) is 10.8 Å². The molecule has 2 heteroatoms. The Morgan fingerprint density at radius 1 is 1.29 bits per heavy atom. The molecule has 17 heavy (non-hydrogen) atoms. The summed E-state index contributed by atoms with van der Waals surface area (Å²) >= 11 is 0. The molecule has 2 nitrogen and oxygen atoms in total. The second-order valence-corrected chi connectivity index (χ2v) is 7.31. The molecule has 0 fully saturated rings. The molecule has 1 aromatic heterocycles. The molecule has 0 atom stereocenters. The molecule has 0 amide bonds. The van der Waals surface area contributed by atoms with Crippen molar-refractivity contribution in [3.05, 3.63) is 23.5 Å². The maximum Gasteiger partial charge on any atom is 0.165 e. The standard InChI is InChI=1S/C15H23NO/c1-14(2,3)10-16-7-6-11-12(16)8-15(4,5)9-13(11)17/h6-7H,8-10H2,1-5H3. The van der Waals surface area contributed by atoms with Gasteiger partial charge in [-0.1, -0.05) is 34.6 Å². The lowest BCUT2D eigenvalue weighted by Gasteiger charge is -2.31. The largest absolute Gasteiger partial charge is 0.350 e. The fraction of sp³-hybridized carbons (Fsp3) is 0.667. The van der Waals surface area contributed by atoms with Crippen LogP contribution >= 0.6 is 0 Å². The highest BCUT2D eigenvalue weighted by atomic mass is 16.1. The van der Waals surface area contributed by atoms with Crippen molar-refractivity contribution >= 4 is 5.78 Å². The summed E-state index contributed by atoms with van der Waals surface area (Å²) in [6.07, 6.45) is 3.77. The number of carbonyl (C=O) groups excluding carboxylic acids is 1. The third-order valence-corrected chi connectivity index (χ3v) is 3.31. The molecule has 0 aliphatic heterocycles. The molecule has 0 bridgehead atoms. The van der Waals surface area contributed by atoms with E-state index in [0.29, 0.717) is 12.2 Å². The number of rotatable bonds is 1. The second-order valence-electron chi connectivity index (χ2n) is 7.31. The van der Waals surface area contributed by atoms with E-state index in [1.807, 2.05) is 6.07 Å². The molecule has 0 saturated heterocycles. The molecule has 1 aliphatic carbocycles. The maximum atomic E-state index is 12.1. The molecular weight excluding hydrogens is 210 g/mol. The predicted molar refractivity (Wildman–Crippen MR) is 70.3 cm³/mol. The van der Waals surface area contributed by atoms with Crippen LogP contribution in [0.3, 0.4) is 0 Å². The van der Waals surface area contributed by atoms with E-state index in [2.05, 4.69) is 45.4 Å². The Bertz CT molecular complexity index is 446. The lowest BCUT2D eigenvalue weighted by Crippen LogP contribution is -2.29. The van der Waals surface area contributed by atoms with E-state index in [-0.39, 0.29) is 10.8 Å². The van der Waals surface area contributed by atoms with E-state index in [1.54, 1.807) is 0 Å². The zero-order valence-corrected chi connectivity index (χ0v) is 11.6. The monoisotopic (exact) mass is 233 g/mol. The van der Waals surface area contributed by atoms with Crippen LogP contribution in [0.5, 0.6) is 0 Å². The van der Waals surface area contributed by atoms with Crippen molar-refractivity contribution in [2.45, 2.75) is 54.0 Å². The number of carbonyl (C=O) groups is 1. The minimum absolute atomic E-state index is 0.109. The Balaban J connectivity index is 2.38. The van der Waals surface area contributed by atoms with Crippen molar-refractivity contribution in [1.82, 2.24) is 4.57 Å². The zero-order valence-electron chi connectivity index (χ0n) is 11.6. The Hall–Kier alpha value is -1.05. The van der Waals surface area contributed by atoms with Crippen molar-refractivity contribution < 1.29 is 4.79 Å². The number of Topliss-reactive ketones (excluding diaryl/α,β-unsaturated/α-hetero) is 1. The summed E-state index contributed by atoms with van der Waals surface area (Å²) in [5.74, 6) is 0.309. The maximum absolute atomic E-state index is 12.1. The molecule has 0 saturated carbocycles. The predicted octanol–water partition coefficient (Wildman–Crippen LogP) is 3.69. The topological polar surface area (TPSA) is 22.0 Å². The highest BCUT2D eigenvalue weighted by Crippen LogP contribution is 2.36. The zero-order chi connectivity index (χ0) is 12.8. The molecule has 1 heterocycles. The van der Waals surface area contributed by atoms with Gasteiger partial charge >= 0.3 is 0 Å². The molecule has 0 spiro atoms. The Labute approximate surface area is 104 Å². The smallest absolute Gasteiger partial charge is 0.165 e. The minimum Gasteiger partial charge on any atom is -0.350 e. The molecule has 0 unspecified atom stereocenters. The van der Waals surface area contributed by atoms with Gasteiger partial charge < -0.3 is 4.57 Å². The number of ketones is 1. The van der Waals surface area contributed by atoms with Crippen LogP contribution in [-0.2, 0) is 13.0 Å². The first kappa shape index (κ1) is 12.4. The third kappa shape index (κ3) is 2.62. The molecule has 2 rings (SSSR count). The van der Waals surface area contributed by atoms with Crippen molar-refractivity contribution in [3.8, 4) is 0 Å². The van der Waals surface area contributed by atoms with Gasteiger partial charge in [0.25, 0.3) is 0 Å². The lowest BCUT2D eigenvalue weighted by atomic mass is 9.76. The highest BCUT2D eigenvalue weighted by Gasteiger charge is 2.33. The first-order valence-corrected chi connectivity index (χ1v) is 6.39. The fourth-order valence-corrected chi connectivity index (χ4v) is 2.66. The SMILES string of the molecule is CC(C)(C)Cn1ccc2c1CC(C)(C)CC2=O. The third-order valence-electron chi connectivity index (χ3n) is 3.31. The number of nitrogens with zero attached hydrogens (tertiary/aromatic N) is 1. The minimum atomic E-state index is 0.109. The van der Waals surface area contributed by atoms with Crippen LogP contribution in [0.25, 0.3) is 0 Å². The van der Waals surface area contributed by atoms with E-state index in [1.165, 1.54) is 5.69 Å². The van der Waals surface area contributed by atoms with E-state index < -0.39 is 0 Å². The first-order chi connectivity index (χ1) is 7.68. The van der Waals surface area contributed by atoms with Gasteiger partial charge in [0.05, 0.1) is 0 Å². The molecule has 94 valence electrons. The van der Waals surface area contributed by atoms with Crippen LogP contribution in [0, 0.1) is 10.8 Å². The number of hydrogen-bond acceptors (Lipinski definition) is 1. The molecule has 0 aromatic carbocycles. The van der Waals surface area contributed by atoms with Gasteiger partial charge in [-0.05, 0) is 23.3 Å². The molecular formula is C15H23NO. The normalized spacial score (nSPS) is 19.2. The van der Waals surface area contributed by atoms with Crippen LogP contribution in [0.4, 0.5) is 0 Å². The highest BCUT2D eigenvalue weighted by molar-refractivity contribution is 5.98. The van der Waals surface area contributed by atoms with Crippen LogP contribution < -0.4 is 0 Å². The van der Waals surface area contributed by atoms with E-state index in [4.69, 9.17) is 0 Å². The molecule has 1 aromatic rings. The summed E-state index contributed by atoms with van der Waals surface area (Å²) in [7, 11) is 0. The van der Waals surface area contributed by atoms with Gasteiger partial charge in [0, 0.05) is 30.4 Å². The van der Waals surface area contributed by atoms with Crippen molar-refractivity contribution in [1.29, 1.82) is 0 Å². The molecule has 1 aliphatic rings. The fourth-order valence-electron chi connectivity index (χ4n) is 2.66. The average Bonchev–Trinajstić information content (AvgIpc) is 2.43. The van der Waals surface area contributed by atoms with Gasteiger partial charge in [0.1, 0.15) is 0 Å².